The van der Waals surface area contributed by atoms with E-state index in [-0.39, 0.29) is 11.4 Å². The molecule has 2 aromatic rings. The summed E-state index contributed by atoms with van der Waals surface area (Å²) < 4.78 is 5.79. The number of carbonyl (C=O) groups is 2. The van der Waals surface area contributed by atoms with Crippen molar-refractivity contribution < 1.29 is 19.4 Å². The van der Waals surface area contributed by atoms with Crippen LogP contribution in [0.3, 0.4) is 0 Å². The van der Waals surface area contributed by atoms with Gasteiger partial charge >= 0.3 is 0 Å². The zero-order valence-electron chi connectivity index (χ0n) is 18.4. The lowest BCUT2D eigenvalue weighted by atomic mass is 9.96. The number of carbonyl (C=O) groups excluding carboxylic acids is 2. The van der Waals surface area contributed by atoms with Crippen LogP contribution in [0.25, 0.3) is 0 Å². The van der Waals surface area contributed by atoms with E-state index in [4.69, 9.17) is 4.74 Å². The van der Waals surface area contributed by atoms with Gasteiger partial charge < -0.3 is 19.6 Å². The molecule has 1 atom stereocenters. The van der Waals surface area contributed by atoms with Crippen LogP contribution in [-0.4, -0.2) is 60.4 Å². The second kappa shape index (κ2) is 10.3. The van der Waals surface area contributed by atoms with Crippen LogP contribution in [0.15, 0.2) is 65.9 Å². The van der Waals surface area contributed by atoms with Gasteiger partial charge in [0.2, 0.25) is 0 Å². The first-order chi connectivity index (χ1) is 14.9. The highest BCUT2D eigenvalue weighted by molar-refractivity contribution is 6.08. The average molecular weight is 423 g/mol. The normalized spacial score (nSPS) is 16.3. The molecule has 31 heavy (non-hydrogen) atoms. The van der Waals surface area contributed by atoms with E-state index in [1.165, 1.54) is 6.92 Å². The Balaban J connectivity index is 1.77. The number of ketones is 1. The molecular weight excluding hydrogens is 392 g/mol. The molecule has 3 rings (SSSR count). The van der Waals surface area contributed by atoms with Crippen LogP contribution in [0, 0.1) is 0 Å². The Bertz CT molecular complexity index is 936. The Morgan fingerprint density at radius 2 is 1.77 bits per heavy atom. The zero-order valence-corrected chi connectivity index (χ0v) is 18.4. The summed E-state index contributed by atoms with van der Waals surface area (Å²) >= 11 is 0. The standard InChI is InChI=1S/C25H30N2O4/c1-18(28)22-23(20-10-12-21(13-11-20)31-17-7-15-26(2)3)27(25(30)24(22)29)16-14-19-8-5-4-6-9-19/h4-6,8-13,23,29H,7,14-17H2,1-3H3. The highest BCUT2D eigenvalue weighted by Crippen LogP contribution is 2.38. The lowest BCUT2D eigenvalue weighted by Gasteiger charge is -2.27. The molecule has 0 saturated carbocycles. The van der Waals surface area contributed by atoms with E-state index < -0.39 is 17.7 Å². The summed E-state index contributed by atoms with van der Waals surface area (Å²) in [4.78, 5) is 28.7. The first-order valence-electron chi connectivity index (χ1n) is 10.5. The number of rotatable bonds is 10. The van der Waals surface area contributed by atoms with Gasteiger partial charge in [-0.3, -0.25) is 9.59 Å². The van der Waals surface area contributed by atoms with Crippen LogP contribution >= 0.6 is 0 Å². The van der Waals surface area contributed by atoms with E-state index in [0.717, 1.165) is 29.8 Å². The fourth-order valence-corrected chi connectivity index (χ4v) is 3.80. The summed E-state index contributed by atoms with van der Waals surface area (Å²) in [6.07, 6.45) is 1.55. The molecular formula is C25H30N2O4. The van der Waals surface area contributed by atoms with Gasteiger partial charge in [-0.05, 0) is 57.1 Å². The molecule has 1 amide bonds. The summed E-state index contributed by atoms with van der Waals surface area (Å²) in [5, 5.41) is 10.4. The summed E-state index contributed by atoms with van der Waals surface area (Å²) in [6.45, 7) is 3.35. The third kappa shape index (κ3) is 5.52. The molecule has 0 spiro atoms. The number of ether oxygens (including phenoxy) is 1. The fraction of sp³-hybridized carbons (Fsp3) is 0.360. The Kier molecular flexibility index (Phi) is 7.47. The smallest absolute Gasteiger partial charge is 0.290 e. The minimum Gasteiger partial charge on any atom is -0.503 e. The van der Waals surface area contributed by atoms with Gasteiger partial charge in [-0.25, -0.2) is 0 Å². The monoisotopic (exact) mass is 422 g/mol. The number of benzene rings is 2. The van der Waals surface area contributed by atoms with Crippen molar-refractivity contribution in [2.24, 2.45) is 0 Å². The first-order valence-corrected chi connectivity index (χ1v) is 10.5. The molecule has 6 heteroatoms. The van der Waals surface area contributed by atoms with Crippen LogP contribution < -0.4 is 4.74 Å². The fourth-order valence-electron chi connectivity index (χ4n) is 3.80. The van der Waals surface area contributed by atoms with Crippen molar-refractivity contribution in [3.63, 3.8) is 0 Å². The minimum absolute atomic E-state index is 0.151. The Morgan fingerprint density at radius 3 is 2.39 bits per heavy atom. The summed E-state index contributed by atoms with van der Waals surface area (Å²) in [5.41, 5.74) is 2.01. The van der Waals surface area contributed by atoms with E-state index in [0.29, 0.717) is 19.6 Å². The SMILES string of the molecule is CC(=O)C1=C(O)C(=O)N(CCc2ccccc2)C1c1ccc(OCCCN(C)C)cc1. The van der Waals surface area contributed by atoms with Crippen LogP contribution in [0.2, 0.25) is 0 Å². The van der Waals surface area contributed by atoms with Gasteiger partial charge in [0.05, 0.1) is 18.2 Å². The van der Waals surface area contributed by atoms with Crippen LogP contribution in [0.4, 0.5) is 0 Å². The number of hydrogen-bond donors (Lipinski definition) is 1. The van der Waals surface area contributed by atoms with Gasteiger partial charge in [0, 0.05) is 13.1 Å². The zero-order chi connectivity index (χ0) is 22.4. The Morgan fingerprint density at radius 1 is 1.10 bits per heavy atom. The molecule has 0 saturated heterocycles. The Labute approximate surface area is 183 Å². The van der Waals surface area contributed by atoms with Crippen molar-refractivity contribution in [1.29, 1.82) is 0 Å². The van der Waals surface area contributed by atoms with E-state index >= 15 is 0 Å². The number of aliphatic hydroxyl groups is 1. The number of aliphatic hydroxyl groups excluding tert-OH is 1. The number of amides is 1. The van der Waals surface area contributed by atoms with Crippen molar-refractivity contribution in [2.75, 3.05) is 33.8 Å². The lowest BCUT2D eigenvalue weighted by Crippen LogP contribution is -2.32. The highest BCUT2D eigenvalue weighted by atomic mass is 16.5. The molecule has 1 unspecified atom stereocenters. The molecule has 1 N–H and O–H groups in total. The van der Waals surface area contributed by atoms with E-state index in [1.54, 1.807) is 4.90 Å². The molecule has 0 bridgehead atoms. The van der Waals surface area contributed by atoms with Gasteiger partial charge in [0.15, 0.2) is 11.5 Å². The van der Waals surface area contributed by atoms with Crippen molar-refractivity contribution in [3.8, 4) is 5.75 Å². The van der Waals surface area contributed by atoms with E-state index in [1.807, 2.05) is 68.7 Å². The molecule has 0 radical (unpaired) electrons. The quantitative estimate of drug-likeness (QED) is 0.593. The lowest BCUT2D eigenvalue weighted by molar-refractivity contribution is -0.129. The van der Waals surface area contributed by atoms with Crippen molar-refractivity contribution in [2.45, 2.75) is 25.8 Å². The molecule has 6 nitrogen and oxygen atoms in total. The topological polar surface area (TPSA) is 70.1 Å². The van der Waals surface area contributed by atoms with E-state index in [2.05, 4.69) is 4.90 Å². The molecule has 2 aromatic carbocycles. The van der Waals surface area contributed by atoms with Crippen LogP contribution in [0.1, 0.15) is 30.5 Å². The van der Waals surface area contributed by atoms with Crippen molar-refractivity contribution in [3.05, 3.63) is 77.1 Å². The maximum atomic E-state index is 12.8. The minimum atomic E-state index is -0.600. The largest absolute Gasteiger partial charge is 0.503 e. The van der Waals surface area contributed by atoms with Gasteiger partial charge in [-0.2, -0.15) is 0 Å². The summed E-state index contributed by atoms with van der Waals surface area (Å²) in [7, 11) is 4.05. The molecule has 0 aromatic heterocycles. The molecule has 1 heterocycles. The van der Waals surface area contributed by atoms with Gasteiger partial charge in [-0.15, -0.1) is 0 Å². The third-order valence-corrected chi connectivity index (χ3v) is 5.38. The molecule has 1 aliphatic rings. The predicted octanol–water partition coefficient (Wildman–Crippen LogP) is 3.54. The second-order valence-corrected chi connectivity index (χ2v) is 8.03. The van der Waals surface area contributed by atoms with Crippen LogP contribution in [0.5, 0.6) is 5.75 Å². The van der Waals surface area contributed by atoms with Crippen molar-refractivity contribution >= 4 is 11.7 Å². The van der Waals surface area contributed by atoms with E-state index in [9.17, 15) is 14.7 Å². The average Bonchev–Trinajstić information content (AvgIpc) is 3.01. The molecule has 1 aliphatic heterocycles. The maximum absolute atomic E-state index is 12.8. The molecule has 0 fully saturated rings. The molecule has 0 aliphatic carbocycles. The third-order valence-electron chi connectivity index (χ3n) is 5.38. The summed E-state index contributed by atoms with van der Waals surface area (Å²) in [6, 6.07) is 16.6. The van der Waals surface area contributed by atoms with Crippen LogP contribution in [-0.2, 0) is 16.0 Å². The highest BCUT2D eigenvalue weighted by Gasteiger charge is 2.42. The van der Waals surface area contributed by atoms with Gasteiger partial charge in [-0.1, -0.05) is 42.5 Å². The Hall–Kier alpha value is -3.12. The van der Waals surface area contributed by atoms with Gasteiger partial charge in [0.1, 0.15) is 5.75 Å². The first kappa shape index (κ1) is 22.6. The maximum Gasteiger partial charge on any atom is 0.290 e. The molecule has 164 valence electrons. The predicted molar refractivity (Wildman–Crippen MR) is 120 cm³/mol. The number of Topliss-reactive ketones (excluding diaryl/α,β-unsaturated/α-hetero) is 1. The number of nitrogens with zero attached hydrogens (tertiary/aromatic N) is 2. The number of hydrogen-bond acceptors (Lipinski definition) is 5. The van der Waals surface area contributed by atoms with Crippen molar-refractivity contribution in [1.82, 2.24) is 9.80 Å². The second-order valence-electron chi connectivity index (χ2n) is 8.03. The summed E-state index contributed by atoms with van der Waals surface area (Å²) in [5.74, 6) is -0.521. The van der Waals surface area contributed by atoms with Gasteiger partial charge in [0.25, 0.3) is 5.91 Å².